The minimum absolute atomic E-state index is 0.0710. The summed E-state index contributed by atoms with van der Waals surface area (Å²) in [6.45, 7) is 8.96. The van der Waals surface area contributed by atoms with E-state index in [2.05, 4.69) is 49.5 Å². The molecular weight excluding hydrogens is 362 g/mol. The maximum atomic E-state index is 12.6. The van der Waals surface area contributed by atoms with Crippen LogP contribution in [-0.4, -0.2) is 32.3 Å². The first-order valence-corrected chi connectivity index (χ1v) is 10.7. The fourth-order valence-corrected chi connectivity index (χ4v) is 4.13. The van der Waals surface area contributed by atoms with E-state index in [0.29, 0.717) is 19.6 Å². The van der Waals surface area contributed by atoms with E-state index < -0.39 is 0 Å². The number of nitrogens with one attached hydrogen (secondary N) is 1. The standard InChI is InChI=1S/C25H33NO3/c1-4-29-23-10-8-22(9-11-23)25(13-15-28-16-14-25)18-26-24(27)12-7-21-6-5-19(2)17-20(21)3/h5-6,8-11,17H,4,7,12-16,18H2,1-3H3,(H,26,27). The Morgan fingerprint density at radius 2 is 1.83 bits per heavy atom. The number of amides is 1. The maximum absolute atomic E-state index is 12.6. The molecule has 0 unspecified atom stereocenters. The molecule has 1 aliphatic rings. The van der Waals surface area contributed by atoms with Gasteiger partial charge in [0.05, 0.1) is 6.61 Å². The van der Waals surface area contributed by atoms with Crippen LogP contribution in [0.25, 0.3) is 0 Å². The van der Waals surface area contributed by atoms with Crippen molar-refractivity contribution in [1.29, 1.82) is 0 Å². The highest BCUT2D eigenvalue weighted by Crippen LogP contribution is 2.35. The van der Waals surface area contributed by atoms with Gasteiger partial charge in [0, 0.05) is 31.6 Å². The highest BCUT2D eigenvalue weighted by molar-refractivity contribution is 5.76. The fourth-order valence-electron chi connectivity index (χ4n) is 4.13. The molecule has 4 heteroatoms. The number of ether oxygens (including phenoxy) is 2. The van der Waals surface area contributed by atoms with Crippen molar-refractivity contribution in [3.05, 3.63) is 64.7 Å². The Bertz CT molecular complexity index is 807. The predicted octanol–water partition coefficient (Wildman–Crippen LogP) is 4.50. The van der Waals surface area contributed by atoms with Crippen molar-refractivity contribution in [2.75, 3.05) is 26.4 Å². The van der Waals surface area contributed by atoms with Crippen LogP contribution >= 0.6 is 0 Å². The van der Waals surface area contributed by atoms with E-state index in [-0.39, 0.29) is 11.3 Å². The fraction of sp³-hybridized carbons (Fsp3) is 0.480. The Morgan fingerprint density at radius 3 is 2.48 bits per heavy atom. The van der Waals surface area contributed by atoms with Crippen molar-refractivity contribution in [2.24, 2.45) is 0 Å². The van der Waals surface area contributed by atoms with Gasteiger partial charge < -0.3 is 14.8 Å². The van der Waals surface area contributed by atoms with Gasteiger partial charge in [-0.2, -0.15) is 0 Å². The van der Waals surface area contributed by atoms with E-state index in [4.69, 9.17) is 9.47 Å². The van der Waals surface area contributed by atoms with Gasteiger partial charge in [0.1, 0.15) is 5.75 Å². The molecule has 29 heavy (non-hydrogen) atoms. The first kappa shape index (κ1) is 21.4. The molecule has 1 saturated heterocycles. The second-order valence-electron chi connectivity index (χ2n) is 8.06. The summed E-state index contributed by atoms with van der Waals surface area (Å²) in [4.78, 5) is 12.6. The van der Waals surface area contributed by atoms with Crippen LogP contribution in [0.3, 0.4) is 0 Å². The van der Waals surface area contributed by atoms with Gasteiger partial charge >= 0.3 is 0 Å². The van der Waals surface area contributed by atoms with Gasteiger partial charge in [0.25, 0.3) is 0 Å². The van der Waals surface area contributed by atoms with E-state index in [9.17, 15) is 4.79 Å². The third-order valence-corrected chi connectivity index (χ3v) is 5.97. The molecule has 1 fully saturated rings. The molecule has 1 amide bonds. The molecule has 2 aromatic carbocycles. The lowest BCUT2D eigenvalue weighted by Gasteiger charge is -2.38. The third kappa shape index (κ3) is 5.60. The topological polar surface area (TPSA) is 47.6 Å². The highest BCUT2D eigenvalue weighted by Gasteiger charge is 2.34. The smallest absolute Gasteiger partial charge is 0.220 e. The second kappa shape index (κ2) is 9.93. The third-order valence-electron chi connectivity index (χ3n) is 5.97. The summed E-state index contributed by atoms with van der Waals surface area (Å²) < 4.78 is 11.2. The SMILES string of the molecule is CCOc1ccc(C2(CNC(=O)CCc3ccc(C)cc3C)CCOCC2)cc1. The molecule has 0 atom stereocenters. The Hall–Kier alpha value is -2.33. The van der Waals surface area contributed by atoms with Crippen LogP contribution in [0.15, 0.2) is 42.5 Å². The summed E-state index contributed by atoms with van der Waals surface area (Å²) in [7, 11) is 0. The number of aryl methyl sites for hydroxylation is 3. The summed E-state index contributed by atoms with van der Waals surface area (Å²) >= 11 is 0. The molecule has 0 spiro atoms. The number of carbonyl (C=O) groups is 1. The molecule has 1 N–H and O–H groups in total. The molecular formula is C25H33NO3. The second-order valence-corrected chi connectivity index (χ2v) is 8.06. The van der Waals surface area contributed by atoms with Crippen molar-refractivity contribution >= 4 is 5.91 Å². The van der Waals surface area contributed by atoms with Gasteiger partial charge in [-0.3, -0.25) is 4.79 Å². The molecule has 3 rings (SSSR count). The number of hydrogen-bond acceptors (Lipinski definition) is 3. The average molecular weight is 396 g/mol. The zero-order valence-corrected chi connectivity index (χ0v) is 17.9. The monoisotopic (exact) mass is 395 g/mol. The molecule has 1 aliphatic heterocycles. The largest absolute Gasteiger partial charge is 0.494 e. The van der Waals surface area contributed by atoms with E-state index in [1.165, 1.54) is 22.3 Å². The van der Waals surface area contributed by atoms with Gasteiger partial charge in [0.15, 0.2) is 0 Å². The van der Waals surface area contributed by atoms with Crippen molar-refractivity contribution in [2.45, 2.75) is 51.9 Å². The summed E-state index contributed by atoms with van der Waals surface area (Å²) in [5.41, 5.74) is 4.94. The molecule has 2 aromatic rings. The molecule has 0 saturated carbocycles. The van der Waals surface area contributed by atoms with Crippen molar-refractivity contribution in [3.8, 4) is 5.75 Å². The van der Waals surface area contributed by atoms with Crippen LogP contribution in [0.2, 0.25) is 0 Å². The Labute approximate surface area is 174 Å². The molecule has 0 aliphatic carbocycles. The molecule has 0 aromatic heterocycles. The Morgan fingerprint density at radius 1 is 1.10 bits per heavy atom. The van der Waals surface area contributed by atoms with Crippen molar-refractivity contribution in [3.63, 3.8) is 0 Å². The van der Waals surface area contributed by atoms with Gasteiger partial charge in [-0.1, -0.05) is 35.9 Å². The Balaban J connectivity index is 1.62. The van der Waals surface area contributed by atoms with Crippen LogP contribution < -0.4 is 10.1 Å². The zero-order chi connectivity index (χ0) is 20.7. The lowest BCUT2D eigenvalue weighted by atomic mass is 9.74. The number of hydrogen-bond donors (Lipinski definition) is 1. The number of carbonyl (C=O) groups excluding carboxylic acids is 1. The highest BCUT2D eigenvalue weighted by atomic mass is 16.5. The summed E-state index contributed by atoms with van der Waals surface area (Å²) in [5.74, 6) is 0.998. The lowest BCUT2D eigenvalue weighted by Crippen LogP contribution is -2.44. The first-order chi connectivity index (χ1) is 14.0. The summed E-state index contributed by atoms with van der Waals surface area (Å²) in [6, 6.07) is 14.8. The minimum atomic E-state index is -0.0710. The van der Waals surface area contributed by atoms with Crippen LogP contribution in [0, 0.1) is 13.8 Å². The van der Waals surface area contributed by atoms with E-state index in [1.807, 2.05) is 19.1 Å². The van der Waals surface area contributed by atoms with E-state index >= 15 is 0 Å². The number of benzene rings is 2. The van der Waals surface area contributed by atoms with E-state index in [0.717, 1.165) is 38.2 Å². The Kier molecular flexibility index (Phi) is 7.32. The molecule has 156 valence electrons. The van der Waals surface area contributed by atoms with Crippen LogP contribution in [0.4, 0.5) is 0 Å². The normalized spacial score (nSPS) is 15.7. The van der Waals surface area contributed by atoms with Gasteiger partial charge in [-0.15, -0.1) is 0 Å². The number of rotatable bonds is 8. The predicted molar refractivity (Wildman–Crippen MR) is 117 cm³/mol. The zero-order valence-electron chi connectivity index (χ0n) is 17.9. The van der Waals surface area contributed by atoms with Gasteiger partial charge in [0.2, 0.25) is 5.91 Å². The molecule has 4 nitrogen and oxygen atoms in total. The molecule has 1 heterocycles. The van der Waals surface area contributed by atoms with Crippen LogP contribution in [0.1, 0.15) is 48.4 Å². The van der Waals surface area contributed by atoms with Gasteiger partial charge in [-0.05, 0) is 68.9 Å². The quantitative estimate of drug-likeness (QED) is 0.716. The van der Waals surface area contributed by atoms with Crippen molar-refractivity contribution < 1.29 is 14.3 Å². The van der Waals surface area contributed by atoms with Crippen LogP contribution in [0.5, 0.6) is 5.75 Å². The van der Waals surface area contributed by atoms with Gasteiger partial charge in [-0.25, -0.2) is 0 Å². The summed E-state index contributed by atoms with van der Waals surface area (Å²) in [6.07, 6.45) is 3.12. The maximum Gasteiger partial charge on any atom is 0.220 e. The average Bonchev–Trinajstić information content (AvgIpc) is 2.73. The lowest BCUT2D eigenvalue weighted by molar-refractivity contribution is -0.121. The van der Waals surface area contributed by atoms with Crippen LogP contribution in [-0.2, 0) is 21.4 Å². The minimum Gasteiger partial charge on any atom is -0.494 e. The van der Waals surface area contributed by atoms with Crippen molar-refractivity contribution in [1.82, 2.24) is 5.32 Å². The van der Waals surface area contributed by atoms with E-state index in [1.54, 1.807) is 0 Å². The molecule has 0 radical (unpaired) electrons. The summed E-state index contributed by atoms with van der Waals surface area (Å²) in [5, 5.41) is 3.21. The first-order valence-electron chi connectivity index (χ1n) is 10.7. The molecule has 0 bridgehead atoms.